The molecule has 28 heavy (non-hydrogen) atoms. The van der Waals surface area contributed by atoms with Crippen LogP contribution >= 0.6 is 23.5 Å². The average Bonchev–Trinajstić information content (AvgIpc) is 2.69. The maximum absolute atomic E-state index is 12.8. The van der Waals surface area contributed by atoms with E-state index in [4.69, 9.17) is 0 Å². The molecule has 0 amide bonds. The van der Waals surface area contributed by atoms with Crippen LogP contribution in [0.3, 0.4) is 0 Å². The summed E-state index contributed by atoms with van der Waals surface area (Å²) in [6.45, 7) is 0. The van der Waals surface area contributed by atoms with Crippen LogP contribution in [0.1, 0.15) is 5.56 Å². The first-order chi connectivity index (χ1) is 13.5. The number of thioether (sulfide) groups is 2. The first kappa shape index (κ1) is 20.3. The van der Waals surface area contributed by atoms with Crippen molar-refractivity contribution in [2.75, 3.05) is 0 Å². The number of halogens is 3. The van der Waals surface area contributed by atoms with Gasteiger partial charge >= 0.3 is 6.18 Å². The van der Waals surface area contributed by atoms with Gasteiger partial charge in [-0.2, -0.15) is 13.2 Å². The zero-order valence-corrected chi connectivity index (χ0v) is 16.3. The molecule has 3 aromatic carbocycles. The minimum absolute atomic E-state index is 0.659. The molecule has 3 rings (SSSR count). The molecule has 0 unspecified atom stereocenters. The molecular formula is C22H16F3NS2. The van der Waals surface area contributed by atoms with Crippen molar-refractivity contribution in [1.29, 1.82) is 0 Å². The van der Waals surface area contributed by atoms with Gasteiger partial charge in [0.2, 0.25) is 0 Å². The molecular weight excluding hydrogens is 399 g/mol. The molecule has 6 heteroatoms. The van der Waals surface area contributed by atoms with Crippen LogP contribution in [0, 0.1) is 0 Å². The van der Waals surface area contributed by atoms with Gasteiger partial charge in [-0.25, -0.2) is 4.99 Å². The van der Waals surface area contributed by atoms with Crippen molar-refractivity contribution in [2.45, 2.75) is 16.0 Å². The van der Waals surface area contributed by atoms with E-state index < -0.39 is 11.7 Å². The lowest BCUT2D eigenvalue weighted by Crippen LogP contribution is -2.04. The number of para-hydroxylation sites is 1. The van der Waals surface area contributed by atoms with Crippen LogP contribution in [0.25, 0.3) is 0 Å². The molecule has 0 saturated heterocycles. The number of benzene rings is 3. The van der Waals surface area contributed by atoms with Crippen LogP contribution in [-0.2, 0) is 6.18 Å². The minimum atomic E-state index is -4.34. The molecule has 0 saturated carbocycles. The summed E-state index contributed by atoms with van der Waals surface area (Å²) in [5.41, 5.74) is 0.125. The maximum atomic E-state index is 12.8. The Morgan fingerprint density at radius 2 is 1.36 bits per heavy atom. The Labute approximate surface area is 170 Å². The molecule has 0 heterocycles. The van der Waals surface area contributed by atoms with Gasteiger partial charge in [0, 0.05) is 9.79 Å². The molecule has 0 aliphatic rings. The number of alkyl halides is 3. The summed E-state index contributed by atoms with van der Waals surface area (Å²) in [5.74, 6) is 0. The van der Waals surface area contributed by atoms with E-state index in [0.717, 1.165) is 22.7 Å². The predicted molar refractivity (Wildman–Crippen MR) is 112 cm³/mol. The fourth-order valence-electron chi connectivity index (χ4n) is 2.23. The van der Waals surface area contributed by atoms with Crippen molar-refractivity contribution < 1.29 is 13.2 Å². The number of aliphatic imine (C=N–C) groups is 1. The monoisotopic (exact) mass is 415 g/mol. The van der Waals surface area contributed by atoms with E-state index in [1.807, 2.05) is 72.1 Å². The number of nitrogens with zero attached hydrogens (tertiary/aromatic N) is 1. The van der Waals surface area contributed by atoms with Gasteiger partial charge in [0.05, 0.1) is 11.3 Å². The lowest BCUT2D eigenvalue weighted by molar-refractivity contribution is -0.137. The second-order valence-electron chi connectivity index (χ2n) is 5.64. The molecule has 142 valence electrons. The second-order valence-corrected chi connectivity index (χ2v) is 7.72. The molecule has 0 radical (unpaired) electrons. The first-order valence-corrected chi connectivity index (χ1v) is 10.1. The quantitative estimate of drug-likeness (QED) is 0.239. The average molecular weight is 416 g/mol. The molecule has 1 nitrogen and oxygen atoms in total. The number of rotatable bonds is 5. The van der Waals surface area contributed by atoms with Crippen molar-refractivity contribution in [2.24, 2.45) is 4.99 Å². The summed E-state index contributed by atoms with van der Waals surface area (Å²) >= 11 is 2.87. The third-order valence-corrected chi connectivity index (χ3v) is 5.32. The zero-order chi connectivity index (χ0) is 19.8. The van der Waals surface area contributed by atoms with Crippen molar-refractivity contribution >= 4 is 34.3 Å². The molecule has 0 aliphatic carbocycles. The van der Waals surface area contributed by atoms with Crippen molar-refractivity contribution in [3.8, 4) is 0 Å². The van der Waals surface area contributed by atoms with Crippen molar-refractivity contribution in [3.63, 3.8) is 0 Å². The van der Waals surface area contributed by atoms with E-state index in [0.29, 0.717) is 9.94 Å². The van der Waals surface area contributed by atoms with Crippen LogP contribution in [0.4, 0.5) is 18.9 Å². The summed E-state index contributed by atoms with van der Waals surface area (Å²) in [7, 11) is 0. The molecule has 0 N–H and O–H groups in total. The van der Waals surface area contributed by atoms with E-state index in [1.54, 1.807) is 11.8 Å². The van der Waals surface area contributed by atoms with Crippen molar-refractivity contribution in [1.82, 2.24) is 0 Å². The molecule has 0 aromatic heterocycles. The smallest absolute Gasteiger partial charge is 0.242 e. The highest BCUT2D eigenvalue weighted by Gasteiger charge is 2.29. The van der Waals surface area contributed by atoms with E-state index in [-0.39, 0.29) is 0 Å². The Morgan fingerprint density at radius 3 is 1.96 bits per heavy atom. The largest absolute Gasteiger partial charge is 0.416 e. The standard InChI is InChI=1S/C22H16F3NS2/c23-22(24,25)17-11-13-20(14-12-17)28-21(26-18-7-3-1-4-8-18)15-16-27-19-9-5-2-6-10-19/h1-16H. The summed E-state index contributed by atoms with van der Waals surface area (Å²) in [5, 5.41) is 2.61. The maximum Gasteiger partial charge on any atom is 0.416 e. The Hall–Kier alpha value is -2.44. The van der Waals surface area contributed by atoms with Crippen LogP contribution in [0.15, 0.2) is 111 Å². The lowest BCUT2D eigenvalue weighted by atomic mass is 10.2. The summed E-state index contributed by atoms with van der Waals surface area (Å²) < 4.78 is 38.3. The van der Waals surface area contributed by atoms with Gasteiger partial charge in [-0.05, 0) is 60.0 Å². The van der Waals surface area contributed by atoms with Gasteiger partial charge in [-0.3, -0.25) is 0 Å². The van der Waals surface area contributed by atoms with Gasteiger partial charge in [0.25, 0.3) is 0 Å². The van der Waals surface area contributed by atoms with Crippen molar-refractivity contribution in [3.05, 3.63) is 102 Å². The predicted octanol–water partition coefficient (Wildman–Crippen LogP) is 7.83. The summed E-state index contributed by atoms with van der Waals surface area (Å²) in [6, 6.07) is 24.4. The highest BCUT2D eigenvalue weighted by molar-refractivity contribution is 8.14. The molecule has 0 spiro atoms. The summed E-state index contributed by atoms with van der Waals surface area (Å²) in [6.07, 6.45) is -2.47. The normalized spacial score (nSPS) is 12.5. The van der Waals surface area contributed by atoms with Gasteiger partial charge < -0.3 is 0 Å². The van der Waals surface area contributed by atoms with Gasteiger partial charge in [-0.15, -0.1) is 0 Å². The van der Waals surface area contributed by atoms with E-state index >= 15 is 0 Å². The third kappa shape index (κ3) is 6.32. The fraction of sp³-hybridized carbons (Fsp3) is 0.0455. The molecule has 0 bridgehead atoms. The Kier molecular flexibility index (Phi) is 7.01. The Morgan fingerprint density at radius 1 is 0.750 bits per heavy atom. The number of hydrogen-bond donors (Lipinski definition) is 0. The topological polar surface area (TPSA) is 12.4 Å². The van der Waals surface area contributed by atoms with Crippen LogP contribution < -0.4 is 0 Å². The molecule has 0 atom stereocenters. The second kappa shape index (κ2) is 9.66. The minimum Gasteiger partial charge on any atom is -0.242 e. The molecule has 0 fully saturated rings. The highest BCUT2D eigenvalue weighted by Crippen LogP contribution is 2.32. The Bertz CT molecular complexity index is 935. The molecule has 3 aromatic rings. The third-order valence-electron chi connectivity index (χ3n) is 3.56. The molecule has 0 aliphatic heterocycles. The van der Waals surface area contributed by atoms with Crippen LogP contribution in [-0.4, -0.2) is 5.04 Å². The van der Waals surface area contributed by atoms with Gasteiger partial charge in [0.1, 0.15) is 5.04 Å². The highest BCUT2D eigenvalue weighted by atomic mass is 32.2. The van der Waals surface area contributed by atoms with Crippen LogP contribution in [0.2, 0.25) is 0 Å². The SMILES string of the molecule is FC(F)(F)c1ccc(SC(C=CSc2ccccc2)=Nc2ccccc2)cc1. The zero-order valence-electron chi connectivity index (χ0n) is 14.6. The Balaban J connectivity index is 1.79. The van der Waals surface area contributed by atoms with E-state index in [9.17, 15) is 13.2 Å². The van der Waals surface area contributed by atoms with E-state index in [1.165, 1.54) is 23.9 Å². The van der Waals surface area contributed by atoms with Gasteiger partial charge in [-0.1, -0.05) is 59.9 Å². The lowest BCUT2D eigenvalue weighted by Gasteiger charge is -2.07. The van der Waals surface area contributed by atoms with E-state index in [2.05, 4.69) is 4.99 Å². The first-order valence-electron chi connectivity index (χ1n) is 8.38. The fourth-order valence-corrected chi connectivity index (χ4v) is 3.78. The van der Waals surface area contributed by atoms with Crippen LogP contribution in [0.5, 0.6) is 0 Å². The number of hydrogen-bond acceptors (Lipinski definition) is 3. The summed E-state index contributed by atoms with van der Waals surface area (Å²) in [4.78, 5) is 6.40. The van der Waals surface area contributed by atoms with Gasteiger partial charge in [0.15, 0.2) is 0 Å².